The summed E-state index contributed by atoms with van der Waals surface area (Å²) >= 11 is 0. The lowest BCUT2D eigenvalue weighted by Crippen LogP contribution is -2.41. The van der Waals surface area contributed by atoms with Gasteiger partial charge in [0.2, 0.25) is 0 Å². The van der Waals surface area contributed by atoms with Gasteiger partial charge in [-0.15, -0.1) is 0 Å². The molecule has 0 aromatic rings. The van der Waals surface area contributed by atoms with Gasteiger partial charge in [0, 0.05) is 5.54 Å². The van der Waals surface area contributed by atoms with E-state index in [1.54, 1.807) is 0 Å². The van der Waals surface area contributed by atoms with Gasteiger partial charge in [0.05, 0.1) is 0 Å². The van der Waals surface area contributed by atoms with E-state index in [1.807, 2.05) is 0 Å². The minimum Gasteiger partial charge on any atom is -0.325 e. The van der Waals surface area contributed by atoms with Crippen molar-refractivity contribution < 1.29 is 0 Å². The predicted molar refractivity (Wildman–Crippen MR) is 60.2 cm³/mol. The van der Waals surface area contributed by atoms with Gasteiger partial charge >= 0.3 is 0 Å². The van der Waals surface area contributed by atoms with Gasteiger partial charge in [-0.1, -0.05) is 12.8 Å². The molecule has 2 rings (SSSR count). The molecule has 0 aromatic heterocycles. The maximum atomic E-state index is 6.41. The molecule has 14 heavy (non-hydrogen) atoms. The second-order valence-electron chi connectivity index (χ2n) is 5.52. The quantitative estimate of drug-likeness (QED) is 0.732. The first-order chi connectivity index (χ1) is 6.68. The van der Waals surface area contributed by atoms with Crippen LogP contribution in [0.5, 0.6) is 0 Å². The molecule has 0 atom stereocenters. The normalized spacial score (nSPS) is 29.6. The Kier molecular flexibility index (Phi) is 3.13. The van der Waals surface area contributed by atoms with Gasteiger partial charge in [0.1, 0.15) is 0 Å². The standard InChI is InChI=1S/C12H24N2/c1-14-8-4-11(5-9-14)10-12(13)6-2-3-7-12/h11H,2-10,13H2,1H3. The Labute approximate surface area is 87.8 Å². The molecule has 2 heteroatoms. The van der Waals surface area contributed by atoms with E-state index in [1.165, 1.54) is 58.0 Å². The molecule has 0 aromatic carbocycles. The molecule has 1 saturated carbocycles. The van der Waals surface area contributed by atoms with Crippen molar-refractivity contribution in [2.24, 2.45) is 11.7 Å². The molecule has 0 radical (unpaired) electrons. The van der Waals surface area contributed by atoms with Crippen molar-refractivity contribution >= 4 is 0 Å². The number of likely N-dealkylation sites (tertiary alicyclic amines) is 1. The molecular weight excluding hydrogens is 172 g/mol. The summed E-state index contributed by atoms with van der Waals surface area (Å²) in [4.78, 5) is 2.44. The third kappa shape index (κ3) is 2.48. The van der Waals surface area contributed by atoms with Gasteiger partial charge in [0.15, 0.2) is 0 Å². The zero-order valence-corrected chi connectivity index (χ0v) is 9.47. The summed E-state index contributed by atoms with van der Waals surface area (Å²) in [6, 6.07) is 0. The highest BCUT2D eigenvalue weighted by Gasteiger charge is 2.32. The minimum atomic E-state index is 0.223. The van der Waals surface area contributed by atoms with Crippen LogP contribution in [-0.2, 0) is 0 Å². The fraction of sp³-hybridized carbons (Fsp3) is 1.00. The first-order valence-electron chi connectivity index (χ1n) is 6.15. The summed E-state index contributed by atoms with van der Waals surface area (Å²) in [7, 11) is 2.23. The molecule has 1 heterocycles. The molecule has 2 fully saturated rings. The second-order valence-corrected chi connectivity index (χ2v) is 5.52. The van der Waals surface area contributed by atoms with E-state index in [9.17, 15) is 0 Å². The summed E-state index contributed by atoms with van der Waals surface area (Å²) in [6.45, 7) is 2.56. The first-order valence-corrected chi connectivity index (χ1v) is 6.15. The molecule has 0 spiro atoms. The van der Waals surface area contributed by atoms with E-state index in [0.29, 0.717) is 0 Å². The van der Waals surface area contributed by atoms with Crippen molar-refractivity contribution in [3.05, 3.63) is 0 Å². The highest BCUT2D eigenvalue weighted by atomic mass is 15.1. The first kappa shape index (κ1) is 10.4. The highest BCUT2D eigenvalue weighted by Crippen LogP contribution is 2.35. The van der Waals surface area contributed by atoms with Crippen LogP contribution in [0.25, 0.3) is 0 Å². The summed E-state index contributed by atoms with van der Waals surface area (Å²) in [5.41, 5.74) is 6.63. The zero-order valence-electron chi connectivity index (χ0n) is 9.47. The Morgan fingerprint density at radius 1 is 1.21 bits per heavy atom. The van der Waals surface area contributed by atoms with Crippen LogP contribution in [0, 0.1) is 5.92 Å². The third-order valence-electron chi connectivity index (χ3n) is 4.13. The van der Waals surface area contributed by atoms with Crippen LogP contribution in [0.3, 0.4) is 0 Å². The van der Waals surface area contributed by atoms with Crippen molar-refractivity contribution in [3.8, 4) is 0 Å². The summed E-state index contributed by atoms with van der Waals surface area (Å²) in [5.74, 6) is 0.911. The van der Waals surface area contributed by atoms with Crippen LogP contribution in [0.1, 0.15) is 44.9 Å². The fourth-order valence-corrected chi connectivity index (χ4v) is 3.12. The van der Waals surface area contributed by atoms with Crippen LogP contribution in [0.2, 0.25) is 0 Å². The number of piperidine rings is 1. The topological polar surface area (TPSA) is 29.3 Å². The number of rotatable bonds is 2. The lowest BCUT2D eigenvalue weighted by molar-refractivity contribution is 0.185. The van der Waals surface area contributed by atoms with Crippen molar-refractivity contribution in [3.63, 3.8) is 0 Å². The monoisotopic (exact) mass is 196 g/mol. The molecule has 1 aliphatic heterocycles. The zero-order chi connectivity index (χ0) is 10.0. The number of nitrogens with zero attached hydrogens (tertiary/aromatic N) is 1. The summed E-state index contributed by atoms with van der Waals surface area (Å²) in [6.07, 6.45) is 9.32. The Morgan fingerprint density at radius 3 is 2.36 bits per heavy atom. The van der Waals surface area contributed by atoms with E-state index < -0.39 is 0 Å². The van der Waals surface area contributed by atoms with E-state index in [0.717, 1.165) is 5.92 Å². The molecule has 0 amide bonds. The van der Waals surface area contributed by atoms with Crippen molar-refractivity contribution in [1.82, 2.24) is 4.90 Å². The van der Waals surface area contributed by atoms with E-state index in [2.05, 4.69) is 11.9 Å². The van der Waals surface area contributed by atoms with Crippen LogP contribution in [0.4, 0.5) is 0 Å². The van der Waals surface area contributed by atoms with E-state index in [4.69, 9.17) is 5.73 Å². The van der Waals surface area contributed by atoms with Crippen molar-refractivity contribution in [2.45, 2.75) is 50.5 Å². The Balaban J connectivity index is 1.79. The number of hydrogen-bond acceptors (Lipinski definition) is 2. The van der Waals surface area contributed by atoms with Gasteiger partial charge < -0.3 is 10.6 Å². The van der Waals surface area contributed by atoms with Gasteiger partial charge in [-0.3, -0.25) is 0 Å². The summed E-state index contributed by atoms with van der Waals surface area (Å²) in [5, 5.41) is 0. The second kappa shape index (κ2) is 4.19. The molecule has 0 unspecified atom stereocenters. The van der Waals surface area contributed by atoms with Gasteiger partial charge in [-0.25, -0.2) is 0 Å². The maximum Gasteiger partial charge on any atom is 0.0157 e. The molecule has 82 valence electrons. The minimum absolute atomic E-state index is 0.223. The van der Waals surface area contributed by atoms with Crippen LogP contribution >= 0.6 is 0 Å². The molecule has 2 aliphatic rings. The van der Waals surface area contributed by atoms with Crippen LogP contribution in [-0.4, -0.2) is 30.6 Å². The van der Waals surface area contributed by atoms with Crippen molar-refractivity contribution in [2.75, 3.05) is 20.1 Å². The summed E-state index contributed by atoms with van der Waals surface area (Å²) < 4.78 is 0. The van der Waals surface area contributed by atoms with Crippen molar-refractivity contribution in [1.29, 1.82) is 0 Å². The van der Waals surface area contributed by atoms with E-state index in [-0.39, 0.29) is 5.54 Å². The number of nitrogens with two attached hydrogens (primary N) is 1. The average molecular weight is 196 g/mol. The molecule has 2 N–H and O–H groups in total. The molecular formula is C12H24N2. The molecule has 1 saturated heterocycles. The lowest BCUT2D eigenvalue weighted by Gasteiger charge is -2.34. The Morgan fingerprint density at radius 2 is 1.79 bits per heavy atom. The van der Waals surface area contributed by atoms with Crippen LogP contribution < -0.4 is 5.73 Å². The Hall–Kier alpha value is -0.0800. The predicted octanol–water partition coefficient (Wildman–Crippen LogP) is 1.99. The van der Waals surface area contributed by atoms with Crippen LogP contribution in [0.15, 0.2) is 0 Å². The fourth-order valence-electron chi connectivity index (χ4n) is 3.12. The molecule has 1 aliphatic carbocycles. The van der Waals surface area contributed by atoms with E-state index >= 15 is 0 Å². The van der Waals surface area contributed by atoms with Gasteiger partial charge in [-0.2, -0.15) is 0 Å². The number of hydrogen-bond donors (Lipinski definition) is 1. The SMILES string of the molecule is CN1CCC(CC2(N)CCCC2)CC1. The Bertz CT molecular complexity index is 177. The average Bonchev–Trinajstić information content (AvgIpc) is 2.57. The third-order valence-corrected chi connectivity index (χ3v) is 4.13. The van der Waals surface area contributed by atoms with Gasteiger partial charge in [0.25, 0.3) is 0 Å². The largest absolute Gasteiger partial charge is 0.325 e. The lowest BCUT2D eigenvalue weighted by atomic mass is 9.82. The maximum absolute atomic E-state index is 6.41. The highest BCUT2D eigenvalue weighted by molar-refractivity contribution is 4.91. The molecule has 0 bridgehead atoms. The van der Waals surface area contributed by atoms with Gasteiger partial charge in [-0.05, 0) is 58.2 Å². The molecule has 2 nitrogen and oxygen atoms in total. The smallest absolute Gasteiger partial charge is 0.0157 e.